The lowest BCUT2D eigenvalue weighted by atomic mass is 10.2. The monoisotopic (exact) mass is 393 g/mol. The van der Waals surface area contributed by atoms with E-state index in [1.54, 1.807) is 0 Å². The summed E-state index contributed by atoms with van der Waals surface area (Å²) >= 11 is 11.6. The first-order chi connectivity index (χ1) is 11.1. The Morgan fingerprint density at radius 1 is 1.29 bits per heavy atom. The Balaban J connectivity index is 2.00. The molecule has 0 aromatic heterocycles. The molecule has 2 atom stereocenters. The topological polar surface area (TPSA) is 80.8 Å². The molecule has 0 saturated carbocycles. The molecule has 132 valence electrons. The molecule has 24 heavy (non-hydrogen) atoms. The van der Waals surface area contributed by atoms with Gasteiger partial charge in [-0.05, 0) is 31.5 Å². The Morgan fingerprint density at radius 3 is 2.50 bits per heavy atom. The quantitative estimate of drug-likeness (QED) is 0.732. The average Bonchev–Trinajstić information content (AvgIpc) is 2.88. The van der Waals surface area contributed by atoms with E-state index in [-0.39, 0.29) is 22.1 Å². The van der Waals surface area contributed by atoms with Gasteiger partial charge in [-0.3, -0.25) is 4.79 Å². The number of amides is 1. The van der Waals surface area contributed by atoms with Crippen molar-refractivity contribution in [3.63, 3.8) is 0 Å². The zero-order valence-electron chi connectivity index (χ0n) is 13.2. The van der Waals surface area contributed by atoms with E-state index in [0.717, 1.165) is 0 Å². The van der Waals surface area contributed by atoms with Crippen molar-refractivity contribution < 1.29 is 22.7 Å². The van der Waals surface area contributed by atoms with Gasteiger partial charge in [0, 0.05) is 13.1 Å². The van der Waals surface area contributed by atoms with Gasteiger partial charge < -0.3 is 9.64 Å². The van der Waals surface area contributed by atoms with E-state index in [0.29, 0.717) is 11.4 Å². The van der Waals surface area contributed by atoms with Crippen LogP contribution in [0.5, 0.6) is 0 Å². The van der Waals surface area contributed by atoms with Crippen LogP contribution in [0, 0.1) is 0 Å². The minimum absolute atomic E-state index is 0.0622. The van der Waals surface area contributed by atoms with Gasteiger partial charge in [0.15, 0.2) is 15.9 Å². The Hall–Kier alpha value is -1.31. The Bertz CT molecular complexity index is 765. The van der Waals surface area contributed by atoms with Crippen LogP contribution >= 0.6 is 23.2 Å². The normalized spacial score (nSPS) is 20.4. The SMILES string of the molecule is C[C@@H](OC(=O)c1ccc(Cl)c(Cl)c1)C(=O)N(C)[C@H]1CCS(=O)(=O)C1. The third kappa shape index (κ3) is 4.40. The van der Waals surface area contributed by atoms with Crippen LogP contribution < -0.4 is 0 Å². The number of sulfone groups is 1. The van der Waals surface area contributed by atoms with E-state index in [1.807, 2.05) is 0 Å². The molecule has 0 spiro atoms. The van der Waals surface area contributed by atoms with E-state index in [9.17, 15) is 18.0 Å². The van der Waals surface area contributed by atoms with Crippen molar-refractivity contribution in [2.75, 3.05) is 18.6 Å². The van der Waals surface area contributed by atoms with Gasteiger partial charge in [0.1, 0.15) is 0 Å². The first kappa shape index (κ1) is 19.0. The molecule has 0 N–H and O–H groups in total. The molecule has 0 radical (unpaired) electrons. The molecule has 0 bridgehead atoms. The number of rotatable bonds is 4. The van der Waals surface area contributed by atoms with Crippen molar-refractivity contribution in [3.05, 3.63) is 33.8 Å². The molecule has 1 heterocycles. The summed E-state index contributed by atoms with van der Waals surface area (Å²) in [6, 6.07) is 3.87. The molecule has 1 fully saturated rings. The van der Waals surface area contributed by atoms with Gasteiger partial charge in [-0.2, -0.15) is 0 Å². The summed E-state index contributed by atoms with van der Waals surface area (Å²) in [6.45, 7) is 1.44. The summed E-state index contributed by atoms with van der Waals surface area (Å²) in [5.41, 5.74) is 0.176. The van der Waals surface area contributed by atoms with Crippen LogP contribution in [-0.4, -0.2) is 55.9 Å². The van der Waals surface area contributed by atoms with Crippen LogP contribution in [0.15, 0.2) is 18.2 Å². The lowest BCUT2D eigenvalue weighted by Crippen LogP contribution is -2.44. The summed E-state index contributed by atoms with van der Waals surface area (Å²) in [7, 11) is -1.59. The minimum Gasteiger partial charge on any atom is -0.449 e. The maximum Gasteiger partial charge on any atom is 0.338 e. The summed E-state index contributed by atoms with van der Waals surface area (Å²) in [4.78, 5) is 25.7. The van der Waals surface area contributed by atoms with Crippen molar-refractivity contribution in [3.8, 4) is 0 Å². The molecule has 1 aromatic rings. The van der Waals surface area contributed by atoms with Crippen molar-refractivity contribution in [1.29, 1.82) is 0 Å². The fourth-order valence-electron chi connectivity index (χ4n) is 2.45. The van der Waals surface area contributed by atoms with Gasteiger partial charge in [0.25, 0.3) is 5.91 Å². The maximum atomic E-state index is 12.3. The second-order valence-corrected chi connectivity index (χ2v) is 8.73. The molecule has 0 aliphatic carbocycles. The van der Waals surface area contributed by atoms with Crippen molar-refractivity contribution in [2.24, 2.45) is 0 Å². The molecule has 1 saturated heterocycles. The molecular formula is C15H17Cl2NO5S. The highest BCUT2D eigenvalue weighted by Gasteiger charge is 2.35. The number of halogens is 2. The van der Waals surface area contributed by atoms with Gasteiger partial charge in [0.05, 0.1) is 27.1 Å². The predicted molar refractivity (Wildman–Crippen MR) is 91.2 cm³/mol. The number of nitrogens with zero attached hydrogens (tertiary/aromatic N) is 1. The number of ether oxygens (including phenoxy) is 1. The largest absolute Gasteiger partial charge is 0.449 e. The number of benzene rings is 1. The van der Waals surface area contributed by atoms with Crippen LogP contribution in [0.4, 0.5) is 0 Å². The highest BCUT2D eigenvalue weighted by Crippen LogP contribution is 2.23. The smallest absolute Gasteiger partial charge is 0.338 e. The van der Waals surface area contributed by atoms with E-state index >= 15 is 0 Å². The van der Waals surface area contributed by atoms with E-state index in [4.69, 9.17) is 27.9 Å². The Morgan fingerprint density at radius 2 is 1.96 bits per heavy atom. The van der Waals surface area contributed by atoms with Crippen molar-refractivity contribution >= 4 is 44.9 Å². The molecule has 6 nitrogen and oxygen atoms in total. The van der Waals surface area contributed by atoms with Crippen molar-refractivity contribution in [2.45, 2.75) is 25.5 Å². The Kier molecular flexibility index (Phi) is 5.78. The fourth-order valence-corrected chi connectivity index (χ4v) is 4.52. The Labute approximate surface area is 150 Å². The lowest BCUT2D eigenvalue weighted by Gasteiger charge is -2.26. The number of esters is 1. The van der Waals surface area contributed by atoms with E-state index in [2.05, 4.69) is 0 Å². The molecule has 2 rings (SSSR count). The molecule has 1 aliphatic heterocycles. The molecule has 0 unspecified atom stereocenters. The van der Waals surface area contributed by atoms with Gasteiger partial charge in [-0.1, -0.05) is 23.2 Å². The summed E-state index contributed by atoms with van der Waals surface area (Å²) in [5, 5.41) is 0.512. The highest BCUT2D eigenvalue weighted by atomic mass is 35.5. The molecule has 1 amide bonds. The third-order valence-electron chi connectivity index (χ3n) is 3.89. The first-order valence-electron chi connectivity index (χ1n) is 7.24. The van der Waals surface area contributed by atoms with E-state index in [1.165, 1.54) is 37.1 Å². The number of carbonyl (C=O) groups excluding carboxylic acids is 2. The van der Waals surface area contributed by atoms with Crippen LogP contribution in [0.25, 0.3) is 0 Å². The number of hydrogen-bond acceptors (Lipinski definition) is 5. The van der Waals surface area contributed by atoms with Gasteiger partial charge in [0.2, 0.25) is 0 Å². The second-order valence-electron chi connectivity index (χ2n) is 5.68. The first-order valence-corrected chi connectivity index (χ1v) is 9.81. The highest BCUT2D eigenvalue weighted by molar-refractivity contribution is 7.91. The fraction of sp³-hybridized carbons (Fsp3) is 0.467. The summed E-state index contributed by atoms with van der Waals surface area (Å²) < 4.78 is 28.2. The van der Waals surface area contributed by atoms with Crippen LogP contribution in [-0.2, 0) is 19.4 Å². The molecule has 9 heteroatoms. The zero-order chi connectivity index (χ0) is 18.1. The second kappa shape index (κ2) is 7.29. The predicted octanol–water partition coefficient (Wildman–Crippen LogP) is 2.18. The molecular weight excluding hydrogens is 377 g/mol. The van der Waals surface area contributed by atoms with Crippen molar-refractivity contribution in [1.82, 2.24) is 4.90 Å². The van der Waals surface area contributed by atoms with E-state index < -0.39 is 33.9 Å². The van der Waals surface area contributed by atoms with Gasteiger partial charge in [-0.15, -0.1) is 0 Å². The van der Waals surface area contributed by atoms with Crippen LogP contribution in [0.3, 0.4) is 0 Å². The zero-order valence-corrected chi connectivity index (χ0v) is 15.5. The van der Waals surface area contributed by atoms with Gasteiger partial charge in [-0.25, -0.2) is 13.2 Å². The van der Waals surface area contributed by atoms with Crippen LogP contribution in [0.2, 0.25) is 10.0 Å². The standard InChI is InChI=1S/C15H17Cl2NO5S/c1-9(14(19)18(2)11-5-6-24(21,22)8-11)23-15(20)10-3-4-12(16)13(17)7-10/h3-4,7,9,11H,5-6,8H2,1-2H3/t9-,11+/m1/s1. The van der Waals surface area contributed by atoms with Crippen LogP contribution in [0.1, 0.15) is 23.7 Å². The molecule has 1 aromatic carbocycles. The maximum absolute atomic E-state index is 12.3. The molecule has 1 aliphatic rings. The number of carbonyl (C=O) groups is 2. The minimum atomic E-state index is -3.10. The van der Waals surface area contributed by atoms with Gasteiger partial charge >= 0.3 is 5.97 Å². The lowest BCUT2D eigenvalue weighted by molar-refractivity contribution is -0.140. The third-order valence-corrected chi connectivity index (χ3v) is 6.38. The number of likely N-dealkylation sites (N-methyl/N-ethyl adjacent to an activating group) is 1. The summed E-state index contributed by atoms with van der Waals surface area (Å²) in [6.07, 6.45) is -0.654. The summed E-state index contributed by atoms with van der Waals surface area (Å²) in [5.74, 6) is -1.16. The number of hydrogen-bond donors (Lipinski definition) is 0. The average molecular weight is 394 g/mol.